The van der Waals surface area contributed by atoms with E-state index < -0.39 is 17.4 Å². The summed E-state index contributed by atoms with van der Waals surface area (Å²) in [6, 6.07) is 6.45. The van der Waals surface area contributed by atoms with Gasteiger partial charge in [-0.05, 0) is 25.1 Å². The highest BCUT2D eigenvalue weighted by molar-refractivity contribution is 9.10. The third-order valence-electron chi connectivity index (χ3n) is 2.47. The first kappa shape index (κ1) is 12.9. The number of halogens is 4. The van der Waals surface area contributed by atoms with Gasteiger partial charge >= 0.3 is 6.18 Å². The van der Waals surface area contributed by atoms with E-state index in [1.54, 1.807) is 24.3 Å². The first-order valence-electron chi connectivity index (χ1n) is 4.95. The Balaban J connectivity index is 2.64. The normalized spacial score (nSPS) is 11.8. The molecule has 0 atom stereocenters. The molecule has 0 saturated heterocycles. The van der Waals surface area contributed by atoms with Gasteiger partial charge in [0, 0.05) is 10.0 Å². The van der Waals surface area contributed by atoms with Crippen molar-refractivity contribution in [1.82, 2.24) is 9.78 Å². The SMILES string of the molecule is Cc1c(C(F)(F)F)[nH]n(-c2cccc(Br)c2)c1=O. The maximum atomic E-state index is 12.6. The first-order chi connectivity index (χ1) is 8.30. The molecule has 0 aliphatic rings. The molecule has 1 aromatic carbocycles. The lowest BCUT2D eigenvalue weighted by atomic mass is 10.2. The van der Waals surface area contributed by atoms with Gasteiger partial charge in [0.25, 0.3) is 5.56 Å². The molecule has 0 spiro atoms. The van der Waals surface area contributed by atoms with Gasteiger partial charge in [-0.1, -0.05) is 22.0 Å². The van der Waals surface area contributed by atoms with Crippen LogP contribution in [0.2, 0.25) is 0 Å². The van der Waals surface area contributed by atoms with Gasteiger partial charge in [0.05, 0.1) is 5.69 Å². The van der Waals surface area contributed by atoms with Crippen molar-refractivity contribution in [3.8, 4) is 5.69 Å². The highest BCUT2D eigenvalue weighted by Gasteiger charge is 2.36. The number of aromatic amines is 1. The number of aromatic nitrogens is 2. The van der Waals surface area contributed by atoms with E-state index in [0.29, 0.717) is 10.2 Å². The summed E-state index contributed by atoms with van der Waals surface area (Å²) in [6.07, 6.45) is -4.57. The Morgan fingerprint density at radius 2 is 2.00 bits per heavy atom. The Morgan fingerprint density at radius 3 is 2.50 bits per heavy atom. The summed E-state index contributed by atoms with van der Waals surface area (Å²) >= 11 is 3.20. The number of hydrogen-bond acceptors (Lipinski definition) is 1. The largest absolute Gasteiger partial charge is 0.433 e. The van der Waals surface area contributed by atoms with Crippen LogP contribution in [0.3, 0.4) is 0 Å². The summed E-state index contributed by atoms with van der Waals surface area (Å²) in [5.41, 5.74) is -1.73. The molecule has 0 aliphatic heterocycles. The van der Waals surface area contributed by atoms with Crippen LogP contribution in [0, 0.1) is 6.92 Å². The van der Waals surface area contributed by atoms with E-state index in [1.165, 1.54) is 0 Å². The highest BCUT2D eigenvalue weighted by atomic mass is 79.9. The molecule has 0 fully saturated rings. The Kier molecular flexibility index (Phi) is 3.10. The Labute approximate surface area is 108 Å². The number of alkyl halides is 3. The van der Waals surface area contributed by atoms with Crippen molar-refractivity contribution in [2.24, 2.45) is 0 Å². The van der Waals surface area contributed by atoms with Crippen LogP contribution in [-0.4, -0.2) is 9.78 Å². The number of benzene rings is 1. The molecule has 0 amide bonds. The fourth-order valence-electron chi connectivity index (χ4n) is 1.59. The predicted octanol–water partition coefficient (Wildman–Crippen LogP) is 3.26. The summed E-state index contributed by atoms with van der Waals surface area (Å²) in [5, 5.41) is 2.09. The van der Waals surface area contributed by atoms with E-state index in [9.17, 15) is 18.0 Å². The van der Waals surface area contributed by atoms with Gasteiger partial charge in [0.2, 0.25) is 0 Å². The second-order valence-electron chi connectivity index (χ2n) is 3.73. The Bertz CT molecular complexity index is 642. The first-order valence-corrected chi connectivity index (χ1v) is 5.75. The second kappa shape index (κ2) is 4.31. The minimum atomic E-state index is -4.57. The quantitative estimate of drug-likeness (QED) is 0.860. The minimum Gasteiger partial charge on any atom is -0.286 e. The smallest absolute Gasteiger partial charge is 0.286 e. The molecule has 3 nitrogen and oxygen atoms in total. The van der Waals surface area contributed by atoms with Crippen molar-refractivity contribution >= 4 is 15.9 Å². The number of hydrogen-bond donors (Lipinski definition) is 1. The molecular formula is C11H8BrF3N2O. The summed E-state index contributed by atoms with van der Waals surface area (Å²) in [5.74, 6) is 0. The van der Waals surface area contributed by atoms with E-state index in [0.717, 1.165) is 11.6 Å². The molecule has 0 radical (unpaired) electrons. The third-order valence-corrected chi connectivity index (χ3v) is 2.97. The Morgan fingerprint density at radius 1 is 1.33 bits per heavy atom. The van der Waals surface area contributed by atoms with Crippen molar-refractivity contribution in [2.45, 2.75) is 13.1 Å². The van der Waals surface area contributed by atoms with Crippen LogP contribution in [0.4, 0.5) is 13.2 Å². The van der Waals surface area contributed by atoms with E-state index in [-0.39, 0.29) is 5.56 Å². The number of H-pyrrole nitrogens is 1. The zero-order chi connectivity index (χ0) is 13.5. The summed E-state index contributed by atoms with van der Waals surface area (Å²) in [4.78, 5) is 11.8. The predicted molar refractivity (Wildman–Crippen MR) is 63.8 cm³/mol. The van der Waals surface area contributed by atoms with Crippen LogP contribution in [0.25, 0.3) is 5.69 Å². The van der Waals surface area contributed by atoms with Gasteiger partial charge in [-0.3, -0.25) is 9.89 Å². The summed E-state index contributed by atoms with van der Waals surface area (Å²) in [6.45, 7) is 1.15. The fourth-order valence-corrected chi connectivity index (χ4v) is 1.98. The average molecular weight is 321 g/mol. The molecule has 18 heavy (non-hydrogen) atoms. The van der Waals surface area contributed by atoms with Crippen molar-refractivity contribution in [3.05, 3.63) is 50.3 Å². The lowest BCUT2D eigenvalue weighted by molar-refractivity contribution is -0.141. The minimum absolute atomic E-state index is 0.341. The number of nitrogens with zero attached hydrogens (tertiary/aromatic N) is 1. The van der Waals surface area contributed by atoms with Crippen LogP contribution < -0.4 is 5.56 Å². The zero-order valence-electron chi connectivity index (χ0n) is 9.18. The van der Waals surface area contributed by atoms with Crippen LogP contribution >= 0.6 is 15.9 Å². The van der Waals surface area contributed by atoms with Crippen molar-refractivity contribution in [2.75, 3.05) is 0 Å². The Hall–Kier alpha value is -1.50. The van der Waals surface area contributed by atoms with Gasteiger partial charge in [-0.25, -0.2) is 4.68 Å². The molecule has 0 bridgehead atoms. The number of rotatable bonds is 1. The van der Waals surface area contributed by atoms with Gasteiger partial charge in [0.15, 0.2) is 0 Å². The maximum absolute atomic E-state index is 12.6. The van der Waals surface area contributed by atoms with Crippen molar-refractivity contribution in [1.29, 1.82) is 0 Å². The van der Waals surface area contributed by atoms with Crippen LogP contribution in [0.5, 0.6) is 0 Å². The summed E-state index contributed by atoms with van der Waals surface area (Å²) in [7, 11) is 0. The third kappa shape index (κ3) is 2.22. The number of nitrogens with one attached hydrogen (secondary N) is 1. The lowest BCUT2D eigenvalue weighted by Gasteiger charge is -2.05. The average Bonchev–Trinajstić information content (AvgIpc) is 2.55. The van der Waals surface area contributed by atoms with Crippen molar-refractivity contribution < 1.29 is 13.2 Å². The van der Waals surface area contributed by atoms with Crippen LogP contribution in [-0.2, 0) is 6.18 Å². The van der Waals surface area contributed by atoms with Crippen LogP contribution in [0.15, 0.2) is 33.5 Å². The van der Waals surface area contributed by atoms with E-state index in [4.69, 9.17) is 0 Å². The van der Waals surface area contributed by atoms with Gasteiger partial charge in [0.1, 0.15) is 5.69 Å². The van der Waals surface area contributed by atoms with Crippen molar-refractivity contribution in [3.63, 3.8) is 0 Å². The van der Waals surface area contributed by atoms with E-state index in [1.807, 2.05) is 0 Å². The molecule has 0 unspecified atom stereocenters. The van der Waals surface area contributed by atoms with Gasteiger partial charge < -0.3 is 0 Å². The standard InChI is InChI=1S/C11H8BrF3N2O/c1-6-9(11(13,14)15)16-17(10(6)18)8-4-2-3-7(12)5-8/h2-5,16H,1H3. The highest BCUT2D eigenvalue weighted by Crippen LogP contribution is 2.29. The second-order valence-corrected chi connectivity index (χ2v) is 4.65. The van der Waals surface area contributed by atoms with Crippen LogP contribution in [0.1, 0.15) is 11.3 Å². The molecular weight excluding hydrogens is 313 g/mol. The topological polar surface area (TPSA) is 37.8 Å². The summed E-state index contributed by atoms with van der Waals surface area (Å²) < 4.78 is 39.5. The molecule has 7 heteroatoms. The molecule has 0 saturated carbocycles. The molecule has 1 aromatic heterocycles. The monoisotopic (exact) mass is 320 g/mol. The molecule has 1 heterocycles. The van der Waals surface area contributed by atoms with Gasteiger partial charge in [-0.15, -0.1) is 0 Å². The van der Waals surface area contributed by atoms with E-state index >= 15 is 0 Å². The van der Waals surface area contributed by atoms with Gasteiger partial charge in [-0.2, -0.15) is 13.2 Å². The molecule has 0 aliphatic carbocycles. The maximum Gasteiger partial charge on any atom is 0.433 e. The molecule has 2 aromatic rings. The van der Waals surface area contributed by atoms with E-state index in [2.05, 4.69) is 21.0 Å². The molecule has 2 rings (SSSR count). The molecule has 1 N–H and O–H groups in total. The fraction of sp³-hybridized carbons (Fsp3) is 0.182. The molecule has 96 valence electrons. The lowest BCUT2D eigenvalue weighted by Crippen LogP contribution is -2.15. The zero-order valence-corrected chi connectivity index (χ0v) is 10.8.